The van der Waals surface area contributed by atoms with Crippen LogP contribution in [-0.4, -0.2) is 68.9 Å². The van der Waals surface area contributed by atoms with Gasteiger partial charge < -0.3 is 20.1 Å². The fraction of sp³-hybridized carbons (Fsp3) is 0.632. The molecule has 0 aliphatic carbocycles. The first-order valence-electron chi connectivity index (χ1n) is 9.20. The van der Waals surface area contributed by atoms with Crippen LogP contribution >= 0.6 is 39.9 Å². The summed E-state index contributed by atoms with van der Waals surface area (Å²) in [4.78, 5) is 6.78. The summed E-state index contributed by atoms with van der Waals surface area (Å²) >= 11 is 3.51. The zero-order valence-electron chi connectivity index (χ0n) is 16.6. The van der Waals surface area contributed by atoms with Gasteiger partial charge in [-0.15, -0.1) is 24.0 Å². The van der Waals surface area contributed by atoms with Crippen molar-refractivity contribution in [3.05, 3.63) is 28.7 Å². The molecule has 154 valence electrons. The molecule has 2 rings (SSSR count). The topological polar surface area (TPSA) is 58.1 Å². The van der Waals surface area contributed by atoms with E-state index in [4.69, 9.17) is 9.47 Å². The summed E-state index contributed by atoms with van der Waals surface area (Å²) in [5.41, 5.74) is 0. The third kappa shape index (κ3) is 8.13. The Bertz CT molecular complexity index is 591. The predicted molar refractivity (Wildman–Crippen MR) is 125 cm³/mol. The number of halogens is 2. The lowest BCUT2D eigenvalue weighted by Gasteiger charge is -2.38. The van der Waals surface area contributed by atoms with Gasteiger partial charge in [-0.05, 0) is 48.8 Å². The lowest BCUT2D eigenvalue weighted by atomic mass is 10.2. The van der Waals surface area contributed by atoms with Crippen molar-refractivity contribution in [2.45, 2.75) is 39.0 Å². The number of para-hydroxylation sites is 1. The molecule has 0 saturated carbocycles. The van der Waals surface area contributed by atoms with Gasteiger partial charge >= 0.3 is 0 Å². The minimum absolute atomic E-state index is 0. The van der Waals surface area contributed by atoms with Gasteiger partial charge in [-0.2, -0.15) is 0 Å². The first-order valence-corrected chi connectivity index (χ1v) is 9.99. The number of nitrogens with zero attached hydrogens (tertiary/aromatic N) is 2. The van der Waals surface area contributed by atoms with Crippen molar-refractivity contribution in [3.63, 3.8) is 0 Å². The van der Waals surface area contributed by atoms with E-state index in [-0.39, 0.29) is 30.1 Å². The summed E-state index contributed by atoms with van der Waals surface area (Å²) in [6.07, 6.45) is 0.0175. The summed E-state index contributed by atoms with van der Waals surface area (Å²) in [7, 11) is 1.79. The van der Waals surface area contributed by atoms with Gasteiger partial charge in [0.05, 0.1) is 24.2 Å². The van der Waals surface area contributed by atoms with Crippen LogP contribution in [0.15, 0.2) is 33.7 Å². The SMILES string of the molecule is CN=C(NCC(C)Oc1ccccc1Br)NCC(C)N1CCOCC1C.I. The summed E-state index contributed by atoms with van der Waals surface area (Å²) in [5.74, 6) is 1.64. The third-order valence-electron chi connectivity index (χ3n) is 4.50. The van der Waals surface area contributed by atoms with Gasteiger partial charge in [0, 0.05) is 32.2 Å². The average Bonchev–Trinajstić information content (AvgIpc) is 2.64. The van der Waals surface area contributed by atoms with E-state index in [0.29, 0.717) is 18.6 Å². The molecule has 1 aliphatic heterocycles. The predicted octanol–water partition coefficient (Wildman–Crippen LogP) is 3.11. The van der Waals surface area contributed by atoms with E-state index in [9.17, 15) is 0 Å². The molecule has 6 nitrogen and oxygen atoms in total. The Kier molecular flexibility index (Phi) is 11.6. The summed E-state index contributed by atoms with van der Waals surface area (Å²) in [6.45, 7) is 10.6. The molecule has 2 N–H and O–H groups in total. The van der Waals surface area contributed by atoms with Crippen molar-refractivity contribution in [1.29, 1.82) is 0 Å². The maximum atomic E-state index is 5.96. The minimum atomic E-state index is 0. The van der Waals surface area contributed by atoms with Crippen molar-refractivity contribution in [3.8, 4) is 5.75 Å². The first-order chi connectivity index (χ1) is 12.5. The fourth-order valence-electron chi connectivity index (χ4n) is 3.02. The van der Waals surface area contributed by atoms with Crippen LogP contribution in [0, 0.1) is 0 Å². The summed E-state index contributed by atoms with van der Waals surface area (Å²) in [5, 5.41) is 6.74. The number of nitrogens with one attached hydrogen (secondary N) is 2. The standard InChI is InChI=1S/C19H31BrN4O2.HI/c1-14(24-9-10-25-13-15(24)2)11-22-19(21-4)23-12-16(3)26-18-8-6-5-7-17(18)20;/h5-8,14-16H,9-13H2,1-4H3,(H2,21,22,23);1H. The quantitative estimate of drug-likeness (QED) is 0.308. The van der Waals surface area contributed by atoms with Crippen LogP contribution < -0.4 is 15.4 Å². The monoisotopic (exact) mass is 554 g/mol. The number of hydrogen-bond donors (Lipinski definition) is 2. The van der Waals surface area contributed by atoms with Crippen molar-refractivity contribution in [1.82, 2.24) is 15.5 Å². The van der Waals surface area contributed by atoms with Gasteiger partial charge in [0.2, 0.25) is 0 Å². The average molecular weight is 555 g/mol. The van der Waals surface area contributed by atoms with E-state index < -0.39 is 0 Å². The number of morpholine rings is 1. The Balaban J connectivity index is 0.00000364. The first kappa shape index (κ1) is 24.5. The lowest BCUT2D eigenvalue weighted by Crippen LogP contribution is -2.53. The highest BCUT2D eigenvalue weighted by Gasteiger charge is 2.23. The fourth-order valence-corrected chi connectivity index (χ4v) is 3.39. The molecule has 0 aromatic heterocycles. The molecule has 0 bridgehead atoms. The molecule has 8 heteroatoms. The lowest BCUT2D eigenvalue weighted by molar-refractivity contribution is -0.0174. The smallest absolute Gasteiger partial charge is 0.191 e. The molecular formula is C19H32BrIN4O2. The zero-order chi connectivity index (χ0) is 18.9. The second-order valence-corrected chi connectivity index (χ2v) is 7.56. The van der Waals surface area contributed by atoms with E-state index >= 15 is 0 Å². The van der Waals surface area contributed by atoms with Crippen molar-refractivity contribution < 1.29 is 9.47 Å². The van der Waals surface area contributed by atoms with Gasteiger partial charge in [0.1, 0.15) is 11.9 Å². The van der Waals surface area contributed by atoms with Crippen molar-refractivity contribution >= 4 is 45.9 Å². The largest absolute Gasteiger partial charge is 0.488 e. The Morgan fingerprint density at radius 1 is 1.33 bits per heavy atom. The number of rotatable bonds is 7. The molecule has 27 heavy (non-hydrogen) atoms. The van der Waals surface area contributed by atoms with E-state index in [2.05, 4.69) is 50.3 Å². The molecule has 1 aromatic rings. The van der Waals surface area contributed by atoms with Crippen LogP contribution in [-0.2, 0) is 4.74 Å². The molecule has 3 atom stereocenters. The second-order valence-electron chi connectivity index (χ2n) is 6.70. The third-order valence-corrected chi connectivity index (χ3v) is 5.15. The van der Waals surface area contributed by atoms with Gasteiger partial charge in [0.15, 0.2) is 5.96 Å². The molecule has 3 unspecified atom stereocenters. The highest BCUT2D eigenvalue weighted by Crippen LogP contribution is 2.24. The van der Waals surface area contributed by atoms with Crippen LogP contribution in [0.3, 0.4) is 0 Å². The normalized spacial score (nSPS) is 20.3. The molecule has 1 fully saturated rings. The van der Waals surface area contributed by atoms with Crippen LogP contribution in [0.1, 0.15) is 20.8 Å². The number of guanidine groups is 1. The van der Waals surface area contributed by atoms with E-state index in [1.54, 1.807) is 7.05 Å². The zero-order valence-corrected chi connectivity index (χ0v) is 20.5. The molecule has 1 aliphatic rings. The van der Waals surface area contributed by atoms with Crippen LogP contribution in [0.5, 0.6) is 5.75 Å². The summed E-state index contributed by atoms with van der Waals surface area (Å²) < 4.78 is 12.4. The van der Waals surface area contributed by atoms with Gasteiger partial charge in [-0.3, -0.25) is 9.89 Å². The Hall–Kier alpha value is -0.580. The molecule has 1 saturated heterocycles. The molecule has 0 radical (unpaired) electrons. The maximum absolute atomic E-state index is 5.96. The minimum Gasteiger partial charge on any atom is -0.488 e. The highest BCUT2D eigenvalue weighted by molar-refractivity contribution is 14.0. The summed E-state index contributed by atoms with van der Waals surface area (Å²) in [6, 6.07) is 8.74. The molecule has 0 spiro atoms. The molecule has 1 heterocycles. The number of ether oxygens (including phenoxy) is 2. The number of aliphatic imine (C=N–C) groups is 1. The maximum Gasteiger partial charge on any atom is 0.191 e. The number of benzene rings is 1. The molecule has 1 aromatic carbocycles. The van der Waals surface area contributed by atoms with Gasteiger partial charge in [0.25, 0.3) is 0 Å². The van der Waals surface area contributed by atoms with Crippen molar-refractivity contribution in [2.75, 3.05) is 39.9 Å². The Morgan fingerprint density at radius 3 is 2.70 bits per heavy atom. The van der Waals surface area contributed by atoms with Gasteiger partial charge in [-0.1, -0.05) is 12.1 Å². The molecular weight excluding hydrogens is 523 g/mol. The van der Waals surface area contributed by atoms with Crippen LogP contribution in [0.2, 0.25) is 0 Å². The van der Waals surface area contributed by atoms with Crippen LogP contribution in [0.25, 0.3) is 0 Å². The van der Waals surface area contributed by atoms with E-state index in [0.717, 1.165) is 42.5 Å². The Morgan fingerprint density at radius 2 is 2.04 bits per heavy atom. The second kappa shape index (κ2) is 12.8. The highest BCUT2D eigenvalue weighted by atomic mass is 127. The van der Waals surface area contributed by atoms with Crippen LogP contribution in [0.4, 0.5) is 0 Å². The van der Waals surface area contributed by atoms with Crippen molar-refractivity contribution in [2.24, 2.45) is 4.99 Å². The Labute approximate surface area is 188 Å². The van der Waals surface area contributed by atoms with E-state index in [1.807, 2.05) is 31.2 Å². The number of hydrogen-bond acceptors (Lipinski definition) is 4. The molecule has 0 amide bonds. The van der Waals surface area contributed by atoms with E-state index in [1.165, 1.54) is 0 Å². The van der Waals surface area contributed by atoms with Gasteiger partial charge in [-0.25, -0.2) is 0 Å².